The number of amides is 1. The van der Waals surface area contributed by atoms with Gasteiger partial charge in [-0.25, -0.2) is 14.3 Å². The molecule has 0 aliphatic carbocycles. The topological polar surface area (TPSA) is 81.1 Å². The lowest BCUT2D eigenvalue weighted by atomic mass is 10.2. The summed E-state index contributed by atoms with van der Waals surface area (Å²) < 4.78 is 12.7. The van der Waals surface area contributed by atoms with Crippen LogP contribution in [0.2, 0.25) is 5.02 Å². The van der Waals surface area contributed by atoms with Crippen LogP contribution in [0.25, 0.3) is 5.52 Å². The zero-order valence-corrected chi connectivity index (χ0v) is 16.3. The van der Waals surface area contributed by atoms with Crippen molar-refractivity contribution in [2.75, 3.05) is 0 Å². The first-order chi connectivity index (χ1) is 12.7. The lowest BCUT2D eigenvalue weighted by molar-refractivity contribution is 0.0499. The van der Waals surface area contributed by atoms with Crippen molar-refractivity contribution in [1.29, 1.82) is 0 Å². The van der Waals surface area contributed by atoms with E-state index in [1.54, 1.807) is 44.5 Å². The highest BCUT2D eigenvalue weighted by molar-refractivity contribution is 6.33. The Morgan fingerprint density at radius 1 is 1.30 bits per heavy atom. The fourth-order valence-electron chi connectivity index (χ4n) is 2.37. The van der Waals surface area contributed by atoms with Gasteiger partial charge >= 0.3 is 6.09 Å². The van der Waals surface area contributed by atoms with Crippen LogP contribution in [0.4, 0.5) is 10.5 Å². The van der Waals surface area contributed by atoms with Crippen molar-refractivity contribution in [2.24, 2.45) is 4.99 Å². The third kappa shape index (κ3) is 4.68. The third-order valence-electron chi connectivity index (χ3n) is 3.52. The molecule has 1 aromatic carbocycles. The Kier molecular flexibility index (Phi) is 5.23. The minimum Gasteiger partial charge on any atom is -0.444 e. The van der Waals surface area contributed by atoms with Crippen LogP contribution in [-0.2, 0) is 4.74 Å². The van der Waals surface area contributed by atoms with Crippen LogP contribution >= 0.6 is 11.6 Å². The smallest absolute Gasteiger partial charge is 0.408 e. The Labute approximate surface area is 161 Å². The van der Waals surface area contributed by atoms with Gasteiger partial charge in [0, 0.05) is 6.20 Å². The first-order valence-electron chi connectivity index (χ1n) is 8.50. The molecule has 3 rings (SSSR count). The molecule has 142 valence electrons. The number of halogens is 1. The van der Waals surface area contributed by atoms with Gasteiger partial charge in [0.1, 0.15) is 17.2 Å². The normalized spacial score (nSPS) is 13.6. The maximum Gasteiger partial charge on any atom is 0.408 e. The van der Waals surface area contributed by atoms with Gasteiger partial charge < -0.3 is 14.5 Å². The molecule has 0 fully saturated rings. The highest BCUT2D eigenvalue weighted by Gasteiger charge is 2.21. The molecule has 2 aromatic heterocycles. The molecule has 0 spiro atoms. The van der Waals surface area contributed by atoms with Gasteiger partial charge in [-0.1, -0.05) is 29.8 Å². The Morgan fingerprint density at radius 2 is 2.00 bits per heavy atom. The number of aromatic nitrogens is 2. The van der Waals surface area contributed by atoms with E-state index in [1.807, 2.05) is 30.3 Å². The number of rotatable bonds is 3. The number of hydrogen-bond donors (Lipinski definition) is 1. The fraction of sp³-hybridized carbons (Fsp3) is 0.316. The molecule has 27 heavy (non-hydrogen) atoms. The Hall–Kier alpha value is -2.80. The van der Waals surface area contributed by atoms with Crippen molar-refractivity contribution >= 4 is 28.9 Å². The van der Waals surface area contributed by atoms with Gasteiger partial charge in [0.15, 0.2) is 0 Å². The van der Waals surface area contributed by atoms with Gasteiger partial charge in [0.2, 0.25) is 11.4 Å². The van der Waals surface area contributed by atoms with E-state index in [9.17, 15) is 4.79 Å². The third-order valence-corrected chi connectivity index (χ3v) is 3.82. The number of fused-ring (bicyclic) bond motifs is 1. The molecular weight excluding hydrogens is 368 g/mol. The molecule has 3 aromatic rings. The summed E-state index contributed by atoms with van der Waals surface area (Å²) in [5, 5.41) is 7.57. The number of para-hydroxylation sites is 1. The quantitative estimate of drug-likeness (QED) is 0.721. The molecular formula is C19H21ClN4O3. The maximum absolute atomic E-state index is 12.0. The van der Waals surface area contributed by atoms with Crippen LogP contribution < -0.4 is 10.9 Å². The van der Waals surface area contributed by atoms with E-state index in [0.717, 1.165) is 0 Å². The summed E-state index contributed by atoms with van der Waals surface area (Å²) in [7, 11) is 0. The summed E-state index contributed by atoms with van der Waals surface area (Å²) in [5.41, 5.74) is 0.971. The number of carbonyl (C=O) groups is 1. The molecule has 2 heterocycles. The van der Waals surface area contributed by atoms with Crippen molar-refractivity contribution in [1.82, 2.24) is 14.9 Å². The van der Waals surface area contributed by atoms with E-state index in [0.29, 0.717) is 21.8 Å². The Balaban J connectivity index is 2.00. The van der Waals surface area contributed by atoms with Gasteiger partial charge in [-0.15, -0.1) is 5.10 Å². The van der Waals surface area contributed by atoms with Crippen molar-refractivity contribution in [3.8, 4) is 0 Å². The van der Waals surface area contributed by atoms with Crippen LogP contribution in [-0.4, -0.2) is 21.3 Å². The summed E-state index contributed by atoms with van der Waals surface area (Å²) >= 11 is 6.26. The zero-order valence-electron chi connectivity index (χ0n) is 15.6. The zero-order chi connectivity index (χ0) is 19.6. The number of alkyl carbamates (subject to hydrolysis) is 1. The minimum atomic E-state index is -0.597. The minimum absolute atomic E-state index is 0.273. The van der Waals surface area contributed by atoms with Gasteiger partial charge in [-0.3, -0.25) is 0 Å². The second-order valence-corrected chi connectivity index (χ2v) is 7.42. The average molecular weight is 389 g/mol. The van der Waals surface area contributed by atoms with Crippen LogP contribution in [0.5, 0.6) is 0 Å². The summed E-state index contributed by atoms with van der Waals surface area (Å²) in [6.45, 7) is 7.14. The molecule has 0 saturated heterocycles. The van der Waals surface area contributed by atoms with E-state index >= 15 is 0 Å². The molecule has 8 heteroatoms. The number of carbonyl (C=O) groups excluding carboxylic acids is 1. The second-order valence-electron chi connectivity index (χ2n) is 7.02. The number of hydrogen-bond acceptors (Lipinski definition) is 5. The molecule has 0 saturated carbocycles. The molecule has 1 atom stereocenters. The van der Waals surface area contributed by atoms with Gasteiger partial charge in [-0.05, 0) is 45.9 Å². The number of nitrogens with zero attached hydrogens (tertiary/aromatic N) is 3. The monoisotopic (exact) mass is 388 g/mol. The van der Waals surface area contributed by atoms with E-state index in [2.05, 4.69) is 15.4 Å². The van der Waals surface area contributed by atoms with Crippen molar-refractivity contribution in [3.05, 3.63) is 59.1 Å². The number of ether oxygens (including phenoxy) is 1. The standard InChI is InChI=1S/C19H21ClN4O3/c1-12(21-18(25)27-19(2,3)4)16-23-24-11-10-14(20)15(24)17(26-16)22-13-8-6-5-7-9-13/h5-12H,1-4H3,(H,21,25)/b22-17-/t12-/m0/s1. The van der Waals surface area contributed by atoms with Crippen LogP contribution in [0.1, 0.15) is 39.6 Å². The molecule has 1 N–H and O–H groups in total. The summed E-state index contributed by atoms with van der Waals surface area (Å²) in [6.07, 6.45) is 1.15. The van der Waals surface area contributed by atoms with E-state index in [-0.39, 0.29) is 5.89 Å². The molecule has 7 nitrogen and oxygen atoms in total. The second kappa shape index (κ2) is 7.44. The summed E-state index contributed by atoms with van der Waals surface area (Å²) in [5.74, 6) is 0.273. The lowest BCUT2D eigenvalue weighted by Crippen LogP contribution is -2.34. The molecule has 0 unspecified atom stereocenters. The lowest BCUT2D eigenvalue weighted by Gasteiger charge is -2.21. The first kappa shape index (κ1) is 19.0. The predicted molar refractivity (Wildman–Crippen MR) is 102 cm³/mol. The molecule has 0 radical (unpaired) electrons. The van der Waals surface area contributed by atoms with Gasteiger partial charge in [0.25, 0.3) is 0 Å². The van der Waals surface area contributed by atoms with E-state index < -0.39 is 17.7 Å². The Morgan fingerprint density at radius 3 is 2.67 bits per heavy atom. The van der Waals surface area contributed by atoms with E-state index in [1.165, 1.54) is 0 Å². The SMILES string of the molecule is C[C@H](NC(=O)OC(C)(C)C)c1nn2ccc(Cl)c2/c(=N/c2ccccc2)o1. The van der Waals surface area contributed by atoms with Crippen LogP contribution in [0.3, 0.4) is 0 Å². The van der Waals surface area contributed by atoms with Crippen LogP contribution in [0, 0.1) is 0 Å². The van der Waals surface area contributed by atoms with Gasteiger partial charge in [0.05, 0.1) is 10.7 Å². The molecule has 0 aliphatic rings. The van der Waals surface area contributed by atoms with Crippen molar-refractivity contribution in [3.63, 3.8) is 0 Å². The summed E-state index contributed by atoms with van der Waals surface area (Å²) in [4.78, 5) is 16.6. The van der Waals surface area contributed by atoms with Crippen molar-refractivity contribution in [2.45, 2.75) is 39.3 Å². The largest absolute Gasteiger partial charge is 0.444 e. The maximum atomic E-state index is 12.0. The molecule has 0 bridgehead atoms. The molecule has 0 aliphatic heterocycles. The van der Waals surface area contributed by atoms with Gasteiger partial charge in [-0.2, -0.15) is 0 Å². The molecule has 1 amide bonds. The Bertz CT molecular complexity index is 1020. The number of nitrogens with one attached hydrogen (secondary N) is 1. The highest BCUT2D eigenvalue weighted by Crippen LogP contribution is 2.18. The summed E-state index contributed by atoms with van der Waals surface area (Å²) in [6, 6.07) is 10.5. The van der Waals surface area contributed by atoms with Crippen molar-refractivity contribution < 1.29 is 13.9 Å². The fourth-order valence-corrected chi connectivity index (χ4v) is 2.60. The number of benzene rings is 1. The average Bonchev–Trinajstić information content (AvgIpc) is 2.95. The predicted octanol–water partition coefficient (Wildman–Crippen LogP) is 4.40. The van der Waals surface area contributed by atoms with Crippen LogP contribution in [0.15, 0.2) is 52.0 Å². The van der Waals surface area contributed by atoms with E-state index in [4.69, 9.17) is 20.8 Å². The highest BCUT2D eigenvalue weighted by atomic mass is 35.5. The first-order valence-corrected chi connectivity index (χ1v) is 8.88.